The van der Waals surface area contributed by atoms with Crippen LogP contribution in [0.1, 0.15) is 27.7 Å². The van der Waals surface area contributed by atoms with Crippen molar-refractivity contribution in [1.29, 1.82) is 0 Å². The number of carbonyl (C=O) groups is 1. The van der Waals surface area contributed by atoms with Crippen LogP contribution in [0.3, 0.4) is 0 Å². The van der Waals surface area contributed by atoms with Crippen molar-refractivity contribution in [2.75, 3.05) is 6.16 Å². The molecule has 1 nitrogen and oxygen atoms in total. The summed E-state index contributed by atoms with van der Waals surface area (Å²) in [6.45, 7) is 8.24. The molecule has 0 bridgehead atoms. The monoisotopic (exact) mass is 556 g/mol. The minimum atomic E-state index is -3.00. The zero-order valence-electron chi connectivity index (χ0n) is 21.5. The Balaban J connectivity index is 1.84. The van der Waals surface area contributed by atoms with Crippen LogP contribution in [0.4, 0.5) is 0 Å². The van der Waals surface area contributed by atoms with Crippen LogP contribution in [0.5, 0.6) is 0 Å². The molecule has 0 fully saturated rings. The van der Waals surface area contributed by atoms with Gasteiger partial charge in [-0.05, 0) is 0 Å². The van der Waals surface area contributed by atoms with Crippen molar-refractivity contribution in [2.24, 2.45) is 5.41 Å². The first kappa shape index (κ1) is 26.3. The van der Waals surface area contributed by atoms with Crippen molar-refractivity contribution in [3.05, 3.63) is 138 Å². The Morgan fingerprint density at radius 1 is 0.806 bits per heavy atom. The zero-order chi connectivity index (χ0) is 25.8. The number of ketones is 1. The third-order valence-corrected chi connectivity index (χ3v) is 16.9. The van der Waals surface area contributed by atoms with Gasteiger partial charge in [0.05, 0.1) is 0 Å². The number of allylic oxidation sites excluding steroid dienone is 8. The molecule has 3 heteroatoms. The van der Waals surface area contributed by atoms with E-state index in [0.29, 0.717) is 0 Å². The molecule has 0 amide bonds. The number of hydrogen-bond acceptors (Lipinski definition) is 1. The van der Waals surface area contributed by atoms with Crippen molar-refractivity contribution in [2.45, 2.75) is 27.7 Å². The maximum atomic E-state index is 12.5. The fourth-order valence-electron chi connectivity index (χ4n) is 5.04. The Bertz CT molecular complexity index is 1260. The first-order valence-electron chi connectivity index (χ1n) is 12.4. The first-order valence-corrected chi connectivity index (χ1v) is 16.8. The third kappa shape index (κ3) is 4.65. The summed E-state index contributed by atoms with van der Waals surface area (Å²) in [5, 5.41) is 0.907. The number of hydrogen-bond donors (Lipinski definition) is 0. The molecular weight excluding hydrogens is 523 g/mol. The molecule has 0 saturated heterocycles. The predicted octanol–water partition coefficient (Wildman–Crippen LogP) is 7.81. The van der Waals surface area contributed by atoms with E-state index in [9.17, 15) is 4.79 Å². The summed E-state index contributed by atoms with van der Waals surface area (Å²) in [5.41, 5.74) is 2.88. The number of halogens is 1. The summed E-state index contributed by atoms with van der Waals surface area (Å²) in [6.07, 6.45) is 11.1. The third-order valence-electron chi connectivity index (χ3n) is 7.35. The van der Waals surface area contributed by atoms with Gasteiger partial charge < -0.3 is 0 Å². The average molecular weight is 558 g/mol. The second kappa shape index (κ2) is 10.3. The van der Waals surface area contributed by atoms with Gasteiger partial charge in [-0.15, -0.1) is 0 Å². The van der Waals surface area contributed by atoms with E-state index in [1.54, 1.807) is 6.08 Å². The van der Waals surface area contributed by atoms with Gasteiger partial charge in [0.2, 0.25) is 0 Å². The van der Waals surface area contributed by atoms with Gasteiger partial charge in [0.25, 0.3) is 0 Å². The second-order valence-electron chi connectivity index (χ2n) is 10.1. The van der Waals surface area contributed by atoms with E-state index in [2.05, 4.69) is 139 Å². The number of rotatable bonds is 7. The van der Waals surface area contributed by atoms with Gasteiger partial charge >= 0.3 is 225 Å². The summed E-state index contributed by atoms with van der Waals surface area (Å²) in [4.78, 5) is 12.5. The average Bonchev–Trinajstić information content (AvgIpc) is 2.91. The molecular formula is C33H34BrOP. The molecule has 0 N–H and O–H groups in total. The summed E-state index contributed by atoms with van der Waals surface area (Å²) < 4.78 is 0. The second-order valence-corrected chi connectivity index (χ2v) is 19.0. The van der Waals surface area contributed by atoms with Crippen molar-refractivity contribution < 1.29 is 4.79 Å². The van der Waals surface area contributed by atoms with E-state index in [1.807, 2.05) is 19.9 Å². The molecule has 3 aromatic carbocycles. The Labute approximate surface area is 224 Å². The Hall–Kier alpha value is -2.80. The van der Waals surface area contributed by atoms with Crippen molar-refractivity contribution in [3.8, 4) is 0 Å². The molecule has 184 valence electrons. The quantitative estimate of drug-likeness (QED) is 0.214. The summed E-state index contributed by atoms with van der Waals surface area (Å²) in [5.74, 6) is 0.150. The molecule has 0 heterocycles. The molecule has 36 heavy (non-hydrogen) atoms. The Kier molecular flexibility index (Phi) is 7.51. The standard InChI is InChI=1S/C33H34BrOP/c1-26(20-22-31-27(2)21-23-32(35)33(31,3)4)24-25-36(34,28-14-8-5-9-15-28,29-16-10-6-11-17-29)30-18-12-7-13-19-30/h5-24H,25H2,1-4H3/b22-20+,26-24+. The van der Waals surface area contributed by atoms with Crippen molar-refractivity contribution in [1.82, 2.24) is 0 Å². The molecule has 4 rings (SSSR count). The van der Waals surface area contributed by atoms with E-state index in [-0.39, 0.29) is 5.78 Å². The molecule has 3 aromatic rings. The van der Waals surface area contributed by atoms with Gasteiger partial charge in [-0.25, -0.2) is 0 Å². The van der Waals surface area contributed by atoms with Crippen LogP contribution in [-0.4, -0.2) is 11.9 Å². The maximum absolute atomic E-state index is 12.5. The van der Waals surface area contributed by atoms with E-state index in [1.165, 1.54) is 21.5 Å². The molecule has 0 aromatic heterocycles. The SMILES string of the molecule is CC1=C(/C=C/C(C)=C/CP(Br)(c2ccccc2)(c2ccccc2)c2ccccc2)C(C)(C)C(=O)C=C1. The summed E-state index contributed by atoms with van der Waals surface area (Å²) >= 11 is 4.51. The Morgan fingerprint density at radius 2 is 1.25 bits per heavy atom. The van der Waals surface area contributed by atoms with E-state index in [4.69, 9.17) is 0 Å². The fraction of sp³-hybridized carbons (Fsp3) is 0.182. The molecule has 0 atom stereocenters. The van der Waals surface area contributed by atoms with Crippen LogP contribution in [0.2, 0.25) is 0 Å². The van der Waals surface area contributed by atoms with Crippen molar-refractivity contribution in [3.63, 3.8) is 0 Å². The minimum absolute atomic E-state index is 0.150. The molecule has 0 saturated carbocycles. The number of benzene rings is 3. The van der Waals surface area contributed by atoms with Crippen LogP contribution in [0.25, 0.3) is 0 Å². The van der Waals surface area contributed by atoms with Gasteiger partial charge in [0.1, 0.15) is 0 Å². The summed E-state index contributed by atoms with van der Waals surface area (Å²) in [7, 11) is 0. The Morgan fingerprint density at radius 3 is 1.69 bits per heavy atom. The normalized spacial score (nSPS) is 17.3. The van der Waals surface area contributed by atoms with Crippen LogP contribution in [0.15, 0.2) is 138 Å². The van der Waals surface area contributed by atoms with Crippen LogP contribution < -0.4 is 15.9 Å². The topological polar surface area (TPSA) is 17.1 Å². The van der Waals surface area contributed by atoms with Crippen LogP contribution in [0, 0.1) is 5.41 Å². The predicted molar refractivity (Wildman–Crippen MR) is 162 cm³/mol. The van der Waals surface area contributed by atoms with Crippen LogP contribution in [-0.2, 0) is 4.79 Å². The molecule has 1 aliphatic carbocycles. The van der Waals surface area contributed by atoms with E-state index < -0.39 is 10.7 Å². The molecule has 0 spiro atoms. The van der Waals surface area contributed by atoms with Gasteiger partial charge in [0.15, 0.2) is 0 Å². The number of carbonyl (C=O) groups excluding carboxylic acids is 1. The van der Waals surface area contributed by atoms with E-state index >= 15 is 0 Å². The molecule has 0 aliphatic heterocycles. The van der Waals surface area contributed by atoms with Crippen LogP contribution >= 0.6 is 20.8 Å². The van der Waals surface area contributed by atoms with Crippen molar-refractivity contribution >= 4 is 42.5 Å². The molecule has 0 unspecified atom stereocenters. The van der Waals surface area contributed by atoms with Gasteiger partial charge in [-0.2, -0.15) is 0 Å². The fourth-order valence-corrected chi connectivity index (χ4v) is 12.1. The summed E-state index contributed by atoms with van der Waals surface area (Å²) in [6, 6.07) is 32.5. The zero-order valence-corrected chi connectivity index (χ0v) is 24.0. The first-order chi connectivity index (χ1) is 17.2. The molecule has 1 aliphatic rings. The van der Waals surface area contributed by atoms with Gasteiger partial charge in [0, 0.05) is 0 Å². The van der Waals surface area contributed by atoms with Gasteiger partial charge in [-0.1, -0.05) is 0 Å². The molecule has 0 radical (unpaired) electrons. The van der Waals surface area contributed by atoms with Gasteiger partial charge in [-0.3, -0.25) is 0 Å². The van der Waals surface area contributed by atoms with E-state index in [0.717, 1.165) is 17.3 Å².